The van der Waals surface area contributed by atoms with E-state index in [1.807, 2.05) is 30.3 Å². The highest BCUT2D eigenvalue weighted by molar-refractivity contribution is 6.14. The molecule has 1 unspecified atom stereocenters. The molecular weight excluding hydrogens is 314 g/mol. The predicted octanol–water partition coefficient (Wildman–Crippen LogP) is 2.82. The average molecular weight is 338 g/mol. The highest BCUT2D eigenvalue weighted by Crippen LogP contribution is 2.39. The number of rotatable bonds is 6. The Balaban J connectivity index is 1.89. The van der Waals surface area contributed by atoms with Crippen LogP contribution in [0.1, 0.15) is 41.3 Å². The number of allylic oxidation sites excluding steroid dienone is 1. The molecule has 2 aromatic rings. The first kappa shape index (κ1) is 17.2. The number of carbonyl (C=O) groups excluding carboxylic acids is 1. The van der Waals surface area contributed by atoms with Crippen molar-refractivity contribution in [1.82, 2.24) is 0 Å². The Morgan fingerprint density at radius 3 is 2.64 bits per heavy atom. The predicted molar refractivity (Wildman–Crippen MR) is 97.9 cm³/mol. The maximum Gasteiger partial charge on any atom is 0.231 e. The van der Waals surface area contributed by atoms with E-state index in [-0.39, 0.29) is 11.5 Å². The van der Waals surface area contributed by atoms with Gasteiger partial charge in [-0.2, -0.15) is 0 Å². The number of nitrogens with one attached hydrogen (secondary N) is 1. The quantitative estimate of drug-likeness (QED) is 0.797. The third-order valence-electron chi connectivity index (χ3n) is 4.45. The molecule has 0 spiro atoms. The van der Waals surface area contributed by atoms with Crippen LogP contribution in [0.4, 0.5) is 0 Å². The molecule has 2 aromatic carbocycles. The molecule has 0 fully saturated rings. The third kappa shape index (κ3) is 3.74. The Labute approximate surface area is 148 Å². The molecule has 4 nitrogen and oxygen atoms in total. The maximum atomic E-state index is 12.6. The zero-order chi connectivity index (χ0) is 17.8. The van der Waals surface area contributed by atoms with Gasteiger partial charge in [-0.3, -0.25) is 4.79 Å². The van der Waals surface area contributed by atoms with Gasteiger partial charge in [0.15, 0.2) is 11.5 Å². The molecule has 0 amide bonds. The number of ether oxygens (including phenoxy) is 1. The summed E-state index contributed by atoms with van der Waals surface area (Å²) in [4.78, 5) is 13.9. The minimum absolute atomic E-state index is 0.133. The Morgan fingerprint density at radius 2 is 1.92 bits per heavy atom. The molecule has 0 radical (unpaired) electrons. The molecule has 0 aromatic heterocycles. The monoisotopic (exact) mass is 338 g/mol. The molecule has 4 heteroatoms. The highest BCUT2D eigenvalue weighted by atomic mass is 16.5. The Hall–Kier alpha value is -2.59. The summed E-state index contributed by atoms with van der Waals surface area (Å²) in [6.07, 6.45) is 4.01. The molecule has 3 rings (SSSR count). The van der Waals surface area contributed by atoms with E-state index in [1.165, 1.54) is 4.90 Å². The number of hydrogen-bond donors (Lipinski definition) is 2. The van der Waals surface area contributed by atoms with E-state index in [0.717, 1.165) is 24.9 Å². The summed E-state index contributed by atoms with van der Waals surface area (Å²) in [7, 11) is 2.09. The summed E-state index contributed by atoms with van der Waals surface area (Å²) in [5.74, 6) is 0.858. The van der Waals surface area contributed by atoms with Crippen LogP contribution in [0.15, 0.2) is 48.2 Å². The molecule has 1 aliphatic rings. The van der Waals surface area contributed by atoms with Crippen LogP contribution in [0.3, 0.4) is 0 Å². The fourth-order valence-electron chi connectivity index (χ4n) is 3.04. The number of aromatic hydroxyl groups is 1. The minimum Gasteiger partial charge on any atom is -0.507 e. The second-order valence-corrected chi connectivity index (χ2v) is 6.53. The lowest BCUT2D eigenvalue weighted by atomic mass is 10.0. The van der Waals surface area contributed by atoms with E-state index in [2.05, 4.69) is 14.0 Å². The zero-order valence-corrected chi connectivity index (χ0v) is 14.7. The van der Waals surface area contributed by atoms with Gasteiger partial charge in [-0.15, -0.1) is 0 Å². The first-order valence-corrected chi connectivity index (χ1v) is 8.75. The standard InChI is InChI=1S/C21H23NO3/c1-3-4-12-22(2)14-17-18(23)11-10-16-20(24)19(25-21(16)17)13-15-8-6-5-7-9-15/h5-11,13,23H,3-4,12,14H2,1-2H3/p+1. The number of unbranched alkanes of at least 4 members (excludes halogenated alkanes) is 1. The van der Waals surface area contributed by atoms with E-state index in [0.29, 0.717) is 29.2 Å². The number of fused-ring (bicyclic) bond motifs is 1. The SMILES string of the molecule is CCCC[NH+](C)Cc1c(O)ccc2c1OC(=Cc1ccccc1)C2=O. The summed E-state index contributed by atoms with van der Waals surface area (Å²) in [5, 5.41) is 10.3. The van der Waals surface area contributed by atoms with Crippen molar-refractivity contribution in [2.75, 3.05) is 13.6 Å². The first-order valence-electron chi connectivity index (χ1n) is 8.75. The van der Waals surface area contributed by atoms with Crippen LogP contribution in [0.25, 0.3) is 6.08 Å². The molecule has 1 heterocycles. The van der Waals surface area contributed by atoms with Gasteiger partial charge >= 0.3 is 0 Å². The smallest absolute Gasteiger partial charge is 0.231 e. The zero-order valence-electron chi connectivity index (χ0n) is 14.7. The Morgan fingerprint density at radius 1 is 1.16 bits per heavy atom. The lowest BCUT2D eigenvalue weighted by molar-refractivity contribution is -0.894. The molecule has 0 bridgehead atoms. The van der Waals surface area contributed by atoms with Gasteiger partial charge in [0.05, 0.1) is 24.7 Å². The molecular formula is C21H24NO3+. The summed E-state index contributed by atoms with van der Waals surface area (Å²) >= 11 is 0. The minimum atomic E-state index is -0.133. The molecule has 2 N–H and O–H groups in total. The van der Waals surface area contributed by atoms with E-state index in [1.54, 1.807) is 18.2 Å². The topological polar surface area (TPSA) is 51.0 Å². The summed E-state index contributed by atoms with van der Waals surface area (Å²) in [6.45, 7) is 3.80. The van der Waals surface area contributed by atoms with Crippen LogP contribution < -0.4 is 9.64 Å². The first-order chi connectivity index (χ1) is 12.1. The molecule has 1 atom stereocenters. The molecule has 1 aliphatic heterocycles. The van der Waals surface area contributed by atoms with Crippen molar-refractivity contribution < 1.29 is 19.5 Å². The highest BCUT2D eigenvalue weighted by Gasteiger charge is 2.32. The summed E-state index contributed by atoms with van der Waals surface area (Å²) < 4.78 is 5.88. The van der Waals surface area contributed by atoms with E-state index in [9.17, 15) is 9.90 Å². The molecule has 25 heavy (non-hydrogen) atoms. The van der Waals surface area contributed by atoms with Gasteiger partial charge in [0, 0.05) is 0 Å². The van der Waals surface area contributed by atoms with Gasteiger partial charge < -0.3 is 14.7 Å². The number of phenols is 1. The molecule has 0 saturated heterocycles. The number of hydrogen-bond acceptors (Lipinski definition) is 3. The maximum absolute atomic E-state index is 12.6. The normalized spacial score (nSPS) is 15.9. The van der Waals surface area contributed by atoms with Crippen molar-refractivity contribution in [1.29, 1.82) is 0 Å². The number of carbonyl (C=O) groups is 1. The molecule has 0 saturated carbocycles. The largest absolute Gasteiger partial charge is 0.507 e. The summed E-state index contributed by atoms with van der Waals surface area (Å²) in [6, 6.07) is 12.8. The summed E-state index contributed by atoms with van der Waals surface area (Å²) in [5.41, 5.74) is 2.14. The van der Waals surface area contributed by atoms with Gasteiger partial charge in [-0.25, -0.2) is 0 Å². The van der Waals surface area contributed by atoms with Gasteiger partial charge in [-0.1, -0.05) is 43.7 Å². The van der Waals surface area contributed by atoms with E-state index < -0.39 is 0 Å². The molecule has 0 aliphatic carbocycles. The van der Waals surface area contributed by atoms with Crippen LogP contribution in [0, 0.1) is 0 Å². The van der Waals surface area contributed by atoms with Gasteiger partial charge in [0.2, 0.25) is 5.78 Å². The lowest BCUT2D eigenvalue weighted by Crippen LogP contribution is -3.07. The number of phenolic OH excluding ortho intramolecular Hbond substituents is 1. The number of ketones is 1. The fraction of sp³-hybridized carbons (Fsp3) is 0.286. The van der Waals surface area contributed by atoms with Crippen LogP contribution in [-0.2, 0) is 6.54 Å². The lowest BCUT2D eigenvalue weighted by Gasteiger charge is -2.16. The average Bonchev–Trinajstić information content (AvgIpc) is 2.93. The number of quaternary nitrogens is 1. The van der Waals surface area contributed by atoms with Crippen LogP contribution in [0.2, 0.25) is 0 Å². The van der Waals surface area contributed by atoms with E-state index in [4.69, 9.17) is 4.74 Å². The van der Waals surface area contributed by atoms with Gasteiger partial charge in [0.25, 0.3) is 0 Å². The van der Waals surface area contributed by atoms with Crippen LogP contribution >= 0.6 is 0 Å². The van der Waals surface area contributed by atoms with Crippen molar-refractivity contribution in [3.8, 4) is 11.5 Å². The van der Waals surface area contributed by atoms with Crippen molar-refractivity contribution >= 4 is 11.9 Å². The van der Waals surface area contributed by atoms with Crippen LogP contribution in [-0.4, -0.2) is 24.5 Å². The van der Waals surface area contributed by atoms with Gasteiger partial charge in [0.1, 0.15) is 12.3 Å². The second-order valence-electron chi connectivity index (χ2n) is 6.53. The Kier molecular flexibility index (Phi) is 5.19. The van der Waals surface area contributed by atoms with Crippen molar-refractivity contribution in [2.45, 2.75) is 26.3 Å². The molecule has 130 valence electrons. The number of benzene rings is 2. The second kappa shape index (κ2) is 7.53. The third-order valence-corrected chi connectivity index (χ3v) is 4.45. The van der Waals surface area contributed by atoms with Crippen LogP contribution in [0.5, 0.6) is 11.5 Å². The van der Waals surface area contributed by atoms with Gasteiger partial charge in [-0.05, 0) is 30.2 Å². The van der Waals surface area contributed by atoms with Crippen molar-refractivity contribution in [3.05, 3.63) is 64.9 Å². The fourth-order valence-corrected chi connectivity index (χ4v) is 3.04. The van der Waals surface area contributed by atoms with E-state index >= 15 is 0 Å². The Bertz CT molecular complexity index is 796. The number of Topliss-reactive ketones (excluding diaryl/α,β-unsaturated/α-hetero) is 1. The van der Waals surface area contributed by atoms with Crippen molar-refractivity contribution in [2.24, 2.45) is 0 Å². The van der Waals surface area contributed by atoms with Crippen molar-refractivity contribution in [3.63, 3.8) is 0 Å².